The van der Waals surface area contributed by atoms with Crippen LogP contribution in [0, 0.1) is 0 Å². The van der Waals surface area contributed by atoms with Gasteiger partial charge in [0, 0.05) is 81.5 Å². The average Bonchev–Trinajstić information content (AvgIpc) is 4.04. The molecule has 20 heteroatoms. The van der Waals surface area contributed by atoms with E-state index in [9.17, 15) is 19.2 Å². The second-order valence-electron chi connectivity index (χ2n) is 19.8. The summed E-state index contributed by atoms with van der Waals surface area (Å²) in [5.74, 6) is 1.38. The van der Waals surface area contributed by atoms with Crippen molar-refractivity contribution < 1.29 is 23.9 Å². The number of carbonyl (C=O) groups is 4. The molecule has 7 aromatic rings. The first-order chi connectivity index (χ1) is 36.5. The van der Waals surface area contributed by atoms with Gasteiger partial charge in [0.1, 0.15) is 0 Å². The average molecular weight is 1100 g/mol. The van der Waals surface area contributed by atoms with Gasteiger partial charge in [0.25, 0.3) is 0 Å². The number of halogens is 1. The van der Waals surface area contributed by atoms with Gasteiger partial charge in [0.05, 0.1) is 12.7 Å². The molecule has 4 aromatic heterocycles. The Bertz CT molecular complexity index is 3040. The Morgan fingerprint density at radius 3 is 1.33 bits per heavy atom. The normalized spacial score (nSPS) is 17.1. The van der Waals surface area contributed by atoms with Gasteiger partial charge in [-0.3, -0.25) is 19.2 Å². The maximum absolute atomic E-state index is 11.8. The van der Waals surface area contributed by atoms with Crippen molar-refractivity contribution in [2.45, 2.75) is 156 Å². The number of imidazole rings is 2. The minimum atomic E-state index is -0.562. The molecule has 0 bridgehead atoms. The van der Waals surface area contributed by atoms with E-state index in [0.717, 1.165) is 89.3 Å². The van der Waals surface area contributed by atoms with Crippen molar-refractivity contribution in [3.8, 4) is 11.1 Å². The van der Waals surface area contributed by atoms with Crippen LogP contribution in [0.5, 0.6) is 0 Å². The van der Waals surface area contributed by atoms with Crippen molar-refractivity contribution in [1.82, 2.24) is 49.7 Å². The van der Waals surface area contributed by atoms with Gasteiger partial charge in [-0.25, -0.2) is 9.97 Å². The van der Waals surface area contributed by atoms with E-state index in [1.165, 1.54) is 25.0 Å². The number of fused-ring (bicyclic) bond motifs is 2. The zero-order valence-corrected chi connectivity index (χ0v) is 46.3. The number of amides is 2. The Hall–Kier alpha value is -7.48. The lowest BCUT2D eigenvalue weighted by atomic mass is 9.90. The summed E-state index contributed by atoms with van der Waals surface area (Å²) >= 11 is 3.48. The van der Waals surface area contributed by atoms with Crippen molar-refractivity contribution >= 4 is 85.5 Å². The summed E-state index contributed by atoms with van der Waals surface area (Å²) in [4.78, 5) is 71.6. The highest BCUT2D eigenvalue weighted by Gasteiger charge is 2.29. The van der Waals surface area contributed by atoms with Gasteiger partial charge < -0.3 is 45.8 Å². The predicted molar refractivity (Wildman–Crippen MR) is 302 cm³/mol. The van der Waals surface area contributed by atoms with Crippen LogP contribution in [0.15, 0.2) is 96.0 Å². The first-order valence-electron chi connectivity index (χ1n) is 26.1. The summed E-state index contributed by atoms with van der Waals surface area (Å²) in [5, 5.41) is 20.2. The Kier molecular flexibility index (Phi) is 19.9. The molecule has 2 fully saturated rings. The first kappa shape index (κ1) is 56.3. The van der Waals surface area contributed by atoms with E-state index in [-0.39, 0.29) is 48.1 Å². The first-order valence-corrected chi connectivity index (χ1v) is 26.9. The maximum atomic E-state index is 11.8. The van der Waals surface area contributed by atoms with Crippen molar-refractivity contribution in [1.29, 1.82) is 0 Å². The number of benzene rings is 3. The van der Waals surface area contributed by atoms with Gasteiger partial charge in [-0.05, 0) is 87.8 Å². The van der Waals surface area contributed by atoms with Gasteiger partial charge >= 0.3 is 11.9 Å². The lowest BCUT2D eigenvalue weighted by Gasteiger charge is -2.32. The smallest absolute Gasteiger partial charge is 0.310 e. The number of nitrogens with one attached hydrogen (secondary N) is 6. The molecule has 19 nitrogen and oxygen atoms in total. The lowest BCUT2D eigenvalue weighted by molar-refractivity contribution is -0.156. The van der Waals surface area contributed by atoms with E-state index in [2.05, 4.69) is 160 Å². The fraction of sp³-hybridized carbons (Fsp3) is 0.429. The van der Waals surface area contributed by atoms with Gasteiger partial charge in [0.15, 0.2) is 34.0 Å². The number of aromatic nitrogens is 8. The second-order valence-corrected chi connectivity index (χ2v) is 20.7. The summed E-state index contributed by atoms with van der Waals surface area (Å²) in [7, 11) is 0. The zero-order chi connectivity index (χ0) is 54.3. The molecule has 0 unspecified atom stereocenters. The molecule has 4 atom stereocenters. The summed E-state index contributed by atoms with van der Waals surface area (Å²) in [5.41, 5.74) is 7.79. The molecular weight excluding hydrogens is 1030 g/mol. The Morgan fingerprint density at radius 2 is 0.947 bits per heavy atom. The molecule has 6 N–H and O–H groups in total. The third kappa shape index (κ3) is 15.8. The van der Waals surface area contributed by atoms with Crippen LogP contribution in [0.3, 0.4) is 0 Å². The maximum Gasteiger partial charge on any atom is 0.310 e. The molecule has 76 heavy (non-hydrogen) atoms. The number of nitrogens with zero attached hydrogens (tertiary/aromatic N) is 8. The van der Waals surface area contributed by atoms with Crippen LogP contribution in [0.25, 0.3) is 33.5 Å². The molecule has 9 rings (SSSR count). The highest BCUT2D eigenvalue weighted by atomic mass is 79.9. The number of anilines is 4. The molecule has 2 aliphatic rings. The van der Waals surface area contributed by atoms with Gasteiger partial charge in [-0.1, -0.05) is 108 Å². The minimum absolute atomic E-state index is 0.00481. The molecule has 0 aliphatic heterocycles. The largest absolute Gasteiger partial charge is 0.394 e. The number of ether oxygens (including phenoxy) is 1. The zero-order valence-electron chi connectivity index (χ0n) is 44.7. The van der Waals surface area contributed by atoms with Gasteiger partial charge in [0.2, 0.25) is 23.7 Å². The van der Waals surface area contributed by atoms with Crippen LogP contribution in [-0.2, 0) is 37.0 Å². The Balaban J connectivity index is 0.000000198. The monoisotopic (exact) mass is 1100 g/mol. The predicted octanol–water partition coefficient (Wildman–Crippen LogP) is 10.3. The molecule has 2 saturated carbocycles. The van der Waals surface area contributed by atoms with Gasteiger partial charge in [-0.15, -0.1) is 0 Å². The van der Waals surface area contributed by atoms with E-state index in [4.69, 9.17) is 19.9 Å². The van der Waals surface area contributed by atoms with Crippen molar-refractivity contribution in [3.63, 3.8) is 0 Å². The highest BCUT2D eigenvalue weighted by Crippen LogP contribution is 2.29. The Labute approximate surface area is 452 Å². The SMILES string of the molecule is CC(=O)N[C@H]1CCCC[C@@H]1Nc1nc(NCc2ccc(-c3ccccc3)cc2)c2ncn(C(C)C)c2n1.CC(=O)N[C@H]1CCCC[C@@H]1Nc1nc(NCc2ccc(Br)cc2)c2ncn(C(C)C)c2n1.CC(=O)OC(C)=O. The molecule has 2 aliphatic carbocycles. The van der Waals surface area contributed by atoms with Crippen LogP contribution < -0.4 is 31.9 Å². The minimum Gasteiger partial charge on any atom is -0.394 e. The molecule has 402 valence electrons. The number of carbonyl (C=O) groups excluding carboxylic acids is 4. The summed E-state index contributed by atoms with van der Waals surface area (Å²) in [6, 6.07) is 27.9. The van der Waals surface area contributed by atoms with E-state index < -0.39 is 11.9 Å². The molecule has 0 saturated heterocycles. The van der Waals surface area contributed by atoms with Crippen LogP contribution in [0.2, 0.25) is 0 Å². The number of rotatable bonds is 15. The van der Waals surface area contributed by atoms with E-state index in [1.54, 1.807) is 13.8 Å². The molecule has 0 radical (unpaired) electrons. The molecule has 4 heterocycles. The van der Waals surface area contributed by atoms with Crippen LogP contribution in [0.4, 0.5) is 23.5 Å². The Morgan fingerprint density at radius 1 is 0.553 bits per heavy atom. The third-order valence-electron chi connectivity index (χ3n) is 13.1. The number of esters is 2. The summed E-state index contributed by atoms with van der Waals surface area (Å²) in [6.45, 7) is 15.2. The number of hydrogen-bond acceptors (Lipinski definition) is 15. The third-order valence-corrected chi connectivity index (χ3v) is 13.6. The molecule has 3 aromatic carbocycles. The summed E-state index contributed by atoms with van der Waals surface area (Å²) < 4.78 is 9.14. The fourth-order valence-electron chi connectivity index (χ4n) is 9.39. The van der Waals surface area contributed by atoms with Crippen molar-refractivity contribution in [2.75, 3.05) is 21.3 Å². The molecule has 0 spiro atoms. The lowest BCUT2D eigenvalue weighted by Crippen LogP contribution is -2.48. The van der Waals surface area contributed by atoms with Gasteiger partial charge in [-0.2, -0.15) is 19.9 Å². The quantitative estimate of drug-likeness (QED) is 0.0414. The highest BCUT2D eigenvalue weighted by molar-refractivity contribution is 9.10. The van der Waals surface area contributed by atoms with Crippen molar-refractivity contribution in [3.05, 3.63) is 107 Å². The second kappa shape index (κ2) is 26.8. The standard InChI is InChI=1S/C29H35N7O.C23H30BrN7O.C4H6O3/c1-19(2)36-18-31-26-27(30-17-21-13-15-23(16-14-21)22-9-5-4-6-10-22)34-29(35-28(26)36)33-25-12-8-7-11-24(25)32-20(3)37;1-14(2)31-13-26-20-21(25-12-16-8-10-17(24)11-9-16)29-23(30-22(20)31)28-19-7-5-4-6-18(19)27-15(3)32;1-3(5)7-4(2)6/h4-6,9-10,13-16,18-19,24-25H,7-8,11-12,17H2,1-3H3,(H,32,37)(H2,30,33,34,35);8-11,13-14,18-19H,4-7,12H2,1-3H3,(H,27,32)(H2,25,28,29,30);1-2H3/t24-,25-;18-,19-;/m00./s1. The van der Waals surface area contributed by atoms with Crippen molar-refractivity contribution in [2.24, 2.45) is 0 Å². The van der Waals surface area contributed by atoms with Crippen LogP contribution in [-0.4, -0.2) is 87.0 Å². The number of hydrogen-bond donors (Lipinski definition) is 6. The molecule has 2 amide bonds. The topological polar surface area (TPSA) is 237 Å². The van der Waals surface area contributed by atoms with Crippen LogP contribution >= 0.6 is 15.9 Å². The van der Waals surface area contributed by atoms with Crippen LogP contribution in [0.1, 0.15) is 130 Å². The fourth-order valence-corrected chi connectivity index (χ4v) is 9.66. The summed E-state index contributed by atoms with van der Waals surface area (Å²) in [6.07, 6.45) is 11.9. The molecular formula is C56H71BrN14O5. The van der Waals surface area contributed by atoms with E-state index in [0.29, 0.717) is 36.6 Å². The van der Waals surface area contributed by atoms with E-state index >= 15 is 0 Å². The van der Waals surface area contributed by atoms with E-state index in [1.807, 2.05) is 30.9 Å².